The van der Waals surface area contributed by atoms with E-state index in [4.69, 9.17) is 4.74 Å². The first-order chi connectivity index (χ1) is 8.93. The monoisotopic (exact) mass is 271 g/mol. The highest BCUT2D eigenvalue weighted by Crippen LogP contribution is 2.41. The summed E-state index contributed by atoms with van der Waals surface area (Å²) < 4.78 is 5.01. The lowest BCUT2D eigenvalue weighted by atomic mass is 9.82. The summed E-state index contributed by atoms with van der Waals surface area (Å²) in [6, 6.07) is 0.0647. The van der Waals surface area contributed by atoms with Gasteiger partial charge in [-0.1, -0.05) is 12.8 Å². The molecule has 0 atom stereocenters. The van der Waals surface area contributed by atoms with Crippen molar-refractivity contribution in [2.75, 3.05) is 20.3 Å². The maximum atomic E-state index is 12.4. The molecule has 0 heterocycles. The molecular weight excluding hydrogens is 246 g/mol. The van der Waals surface area contributed by atoms with Crippen LogP contribution in [0.1, 0.15) is 46.0 Å². The van der Waals surface area contributed by atoms with Crippen LogP contribution in [0.5, 0.6) is 0 Å². The minimum Gasteiger partial charge on any atom is -0.481 e. The van der Waals surface area contributed by atoms with Crippen molar-refractivity contribution < 1.29 is 19.4 Å². The maximum Gasteiger partial charge on any atom is 0.310 e. The first kappa shape index (κ1) is 16.0. The smallest absolute Gasteiger partial charge is 0.310 e. The van der Waals surface area contributed by atoms with E-state index in [-0.39, 0.29) is 18.4 Å². The number of carboxylic acid groups (broad SMARTS) is 1. The zero-order valence-electron chi connectivity index (χ0n) is 12.1. The van der Waals surface area contributed by atoms with E-state index < -0.39 is 11.4 Å². The zero-order chi connectivity index (χ0) is 14.5. The second-order valence-corrected chi connectivity index (χ2v) is 5.64. The van der Waals surface area contributed by atoms with Crippen LogP contribution in [-0.4, -0.2) is 48.2 Å². The van der Waals surface area contributed by atoms with Crippen LogP contribution in [0.15, 0.2) is 0 Å². The van der Waals surface area contributed by atoms with Crippen LogP contribution >= 0.6 is 0 Å². The van der Waals surface area contributed by atoms with Gasteiger partial charge in [-0.15, -0.1) is 0 Å². The van der Waals surface area contributed by atoms with Gasteiger partial charge in [0, 0.05) is 26.1 Å². The number of aliphatic carboxylic acids is 1. The number of nitrogens with zero attached hydrogens (tertiary/aromatic N) is 1. The molecule has 0 radical (unpaired) electrons. The Morgan fingerprint density at radius 2 is 1.89 bits per heavy atom. The number of hydrogen-bond donors (Lipinski definition) is 1. The van der Waals surface area contributed by atoms with Crippen LogP contribution in [0.2, 0.25) is 0 Å². The van der Waals surface area contributed by atoms with E-state index in [0.29, 0.717) is 26.0 Å². The number of carboxylic acids is 1. The van der Waals surface area contributed by atoms with Gasteiger partial charge >= 0.3 is 5.97 Å². The molecule has 0 spiro atoms. The van der Waals surface area contributed by atoms with Crippen LogP contribution in [0.3, 0.4) is 0 Å². The van der Waals surface area contributed by atoms with Gasteiger partial charge in [0.1, 0.15) is 0 Å². The number of hydrogen-bond acceptors (Lipinski definition) is 3. The van der Waals surface area contributed by atoms with Crippen molar-refractivity contribution in [3.63, 3.8) is 0 Å². The molecule has 5 heteroatoms. The fraction of sp³-hybridized carbons (Fsp3) is 0.857. The summed E-state index contributed by atoms with van der Waals surface area (Å²) in [7, 11) is 1.60. The van der Waals surface area contributed by atoms with Gasteiger partial charge in [0.05, 0.1) is 12.0 Å². The quantitative estimate of drug-likeness (QED) is 0.768. The fourth-order valence-electron chi connectivity index (χ4n) is 2.77. The van der Waals surface area contributed by atoms with Gasteiger partial charge in [0.15, 0.2) is 0 Å². The number of carbonyl (C=O) groups is 2. The summed E-state index contributed by atoms with van der Waals surface area (Å²) in [5, 5.41) is 9.41. The summed E-state index contributed by atoms with van der Waals surface area (Å²) in [5.74, 6) is -0.898. The van der Waals surface area contributed by atoms with Crippen molar-refractivity contribution in [2.24, 2.45) is 5.41 Å². The summed E-state index contributed by atoms with van der Waals surface area (Å²) in [5.41, 5.74) is -0.836. The predicted molar refractivity (Wildman–Crippen MR) is 71.9 cm³/mol. The van der Waals surface area contributed by atoms with Gasteiger partial charge < -0.3 is 14.7 Å². The van der Waals surface area contributed by atoms with E-state index in [1.807, 2.05) is 13.8 Å². The van der Waals surface area contributed by atoms with E-state index in [9.17, 15) is 14.7 Å². The second kappa shape index (κ2) is 6.89. The highest BCUT2D eigenvalue weighted by atomic mass is 16.5. The number of rotatable bonds is 7. The Bertz CT molecular complexity index is 321. The molecule has 1 N–H and O–H groups in total. The van der Waals surface area contributed by atoms with Crippen molar-refractivity contribution in [1.29, 1.82) is 0 Å². The van der Waals surface area contributed by atoms with E-state index in [0.717, 1.165) is 12.8 Å². The van der Waals surface area contributed by atoms with Crippen molar-refractivity contribution in [2.45, 2.75) is 52.0 Å². The lowest BCUT2D eigenvalue weighted by Crippen LogP contribution is -2.43. The standard InChI is InChI=1S/C14H25NO4/c1-11(2)15(8-9-19-3)12(16)10-14(13(17)18)6-4-5-7-14/h11H,4-10H2,1-3H3,(H,17,18). The average molecular weight is 271 g/mol. The van der Waals surface area contributed by atoms with Crippen LogP contribution in [0.4, 0.5) is 0 Å². The third kappa shape index (κ3) is 3.93. The molecule has 1 aliphatic carbocycles. The first-order valence-electron chi connectivity index (χ1n) is 6.95. The molecular formula is C14H25NO4. The van der Waals surface area contributed by atoms with Crippen LogP contribution < -0.4 is 0 Å². The van der Waals surface area contributed by atoms with Gasteiger partial charge in [-0.05, 0) is 26.7 Å². The third-order valence-corrected chi connectivity index (χ3v) is 3.98. The van der Waals surface area contributed by atoms with Crippen molar-refractivity contribution in [3.05, 3.63) is 0 Å². The highest BCUT2D eigenvalue weighted by Gasteiger charge is 2.43. The molecule has 0 aromatic heterocycles. The van der Waals surface area contributed by atoms with Gasteiger partial charge in [-0.25, -0.2) is 0 Å². The molecule has 1 aliphatic rings. The molecule has 0 saturated heterocycles. The summed E-state index contributed by atoms with van der Waals surface area (Å²) >= 11 is 0. The molecule has 0 bridgehead atoms. The van der Waals surface area contributed by atoms with E-state index in [1.165, 1.54) is 0 Å². The van der Waals surface area contributed by atoms with Crippen LogP contribution in [0, 0.1) is 5.41 Å². The van der Waals surface area contributed by atoms with Crippen molar-refractivity contribution in [3.8, 4) is 0 Å². The average Bonchev–Trinajstić information content (AvgIpc) is 2.79. The molecule has 1 amide bonds. The van der Waals surface area contributed by atoms with Crippen LogP contribution in [0.25, 0.3) is 0 Å². The molecule has 1 fully saturated rings. The van der Waals surface area contributed by atoms with Crippen molar-refractivity contribution >= 4 is 11.9 Å². The SMILES string of the molecule is COCCN(C(=O)CC1(C(=O)O)CCCC1)C(C)C. The Morgan fingerprint density at radius 3 is 2.32 bits per heavy atom. The van der Waals surface area contributed by atoms with E-state index in [1.54, 1.807) is 12.0 Å². The van der Waals surface area contributed by atoms with Gasteiger partial charge in [0.2, 0.25) is 5.91 Å². The van der Waals surface area contributed by atoms with Crippen LogP contribution in [-0.2, 0) is 14.3 Å². The molecule has 0 aromatic carbocycles. The summed E-state index contributed by atoms with van der Waals surface area (Å²) in [6.45, 7) is 4.87. The molecule has 1 rings (SSSR count). The molecule has 1 saturated carbocycles. The lowest BCUT2D eigenvalue weighted by Gasteiger charge is -2.31. The number of ether oxygens (including phenoxy) is 1. The minimum atomic E-state index is -0.836. The van der Waals surface area contributed by atoms with E-state index >= 15 is 0 Å². The third-order valence-electron chi connectivity index (χ3n) is 3.98. The largest absolute Gasteiger partial charge is 0.481 e. The minimum absolute atomic E-state index is 0.0647. The number of carbonyl (C=O) groups excluding carboxylic acids is 1. The predicted octanol–water partition coefficient (Wildman–Crippen LogP) is 1.90. The first-order valence-corrected chi connectivity index (χ1v) is 6.95. The maximum absolute atomic E-state index is 12.4. The zero-order valence-corrected chi connectivity index (χ0v) is 12.1. The molecule has 0 aliphatic heterocycles. The molecule has 0 aromatic rings. The topological polar surface area (TPSA) is 66.8 Å². The summed E-state index contributed by atoms with van der Waals surface area (Å²) in [4.78, 5) is 25.5. The van der Waals surface area contributed by atoms with Crippen molar-refractivity contribution in [1.82, 2.24) is 4.90 Å². The number of methoxy groups -OCH3 is 1. The Labute approximate surface area is 114 Å². The Kier molecular flexibility index (Phi) is 5.79. The van der Waals surface area contributed by atoms with E-state index in [2.05, 4.69) is 0 Å². The van der Waals surface area contributed by atoms with Gasteiger partial charge in [0.25, 0.3) is 0 Å². The highest BCUT2D eigenvalue weighted by molar-refractivity contribution is 5.85. The lowest BCUT2D eigenvalue weighted by molar-refractivity contribution is -0.154. The molecule has 19 heavy (non-hydrogen) atoms. The summed E-state index contributed by atoms with van der Waals surface area (Å²) in [6.07, 6.45) is 3.15. The normalized spacial score (nSPS) is 17.7. The van der Waals surface area contributed by atoms with Gasteiger partial charge in [-0.3, -0.25) is 9.59 Å². The second-order valence-electron chi connectivity index (χ2n) is 5.64. The number of amides is 1. The molecule has 5 nitrogen and oxygen atoms in total. The Balaban J connectivity index is 2.71. The Hall–Kier alpha value is -1.10. The van der Waals surface area contributed by atoms with Gasteiger partial charge in [-0.2, -0.15) is 0 Å². The molecule has 0 unspecified atom stereocenters. The fourth-order valence-corrected chi connectivity index (χ4v) is 2.77. The molecule has 110 valence electrons. The Morgan fingerprint density at radius 1 is 1.32 bits per heavy atom.